The van der Waals surface area contributed by atoms with Crippen molar-refractivity contribution in [3.8, 4) is 0 Å². The highest BCUT2D eigenvalue weighted by Gasteiger charge is 2.19. The monoisotopic (exact) mass is 263 g/mol. The minimum Gasteiger partial charge on any atom is -0.350 e. The van der Waals surface area contributed by atoms with Gasteiger partial charge in [0.25, 0.3) is 0 Å². The molecule has 106 valence electrons. The lowest BCUT2D eigenvalue weighted by Gasteiger charge is -2.24. The van der Waals surface area contributed by atoms with Gasteiger partial charge >= 0.3 is 0 Å². The number of nitrogens with two attached hydrogens (primary N) is 1. The van der Waals surface area contributed by atoms with Gasteiger partial charge in [-0.25, -0.2) is 0 Å². The molecular formula is C15H25N3O. The molecule has 0 aliphatic rings. The zero-order valence-electron chi connectivity index (χ0n) is 12.1. The second kappa shape index (κ2) is 7.24. The number of amides is 1. The van der Waals surface area contributed by atoms with E-state index in [4.69, 9.17) is 5.73 Å². The van der Waals surface area contributed by atoms with Crippen LogP contribution in [0.25, 0.3) is 0 Å². The van der Waals surface area contributed by atoms with Crippen LogP contribution in [0, 0.1) is 5.41 Å². The Bertz CT molecular complexity index is 390. The summed E-state index contributed by atoms with van der Waals surface area (Å²) in [5.41, 5.74) is 6.72. The predicted molar refractivity (Wildman–Crippen MR) is 77.5 cm³/mol. The quantitative estimate of drug-likeness (QED) is 0.794. The molecule has 1 amide bonds. The van der Waals surface area contributed by atoms with Gasteiger partial charge in [-0.05, 0) is 43.4 Å². The van der Waals surface area contributed by atoms with E-state index in [2.05, 4.69) is 24.1 Å². The van der Waals surface area contributed by atoms with Crippen LogP contribution in [0.5, 0.6) is 0 Å². The number of aromatic nitrogens is 1. The summed E-state index contributed by atoms with van der Waals surface area (Å²) in [4.78, 5) is 16.0. The Kier molecular flexibility index (Phi) is 5.96. The van der Waals surface area contributed by atoms with Gasteiger partial charge in [-0.15, -0.1) is 0 Å². The molecule has 0 aliphatic carbocycles. The first-order chi connectivity index (χ1) is 8.94. The van der Waals surface area contributed by atoms with Crippen LogP contribution in [0.2, 0.25) is 0 Å². The zero-order valence-corrected chi connectivity index (χ0v) is 12.1. The van der Waals surface area contributed by atoms with Gasteiger partial charge in [-0.3, -0.25) is 9.78 Å². The van der Waals surface area contributed by atoms with Crippen LogP contribution in [-0.4, -0.2) is 17.4 Å². The van der Waals surface area contributed by atoms with E-state index in [1.807, 2.05) is 19.1 Å². The third-order valence-electron chi connectivity index (χ3n) is 3.41. The summed E-state index contributed by atoms with van der Waals surface area (Å²) in [6.07, 6.45) is 5.85. The van der Waals surface area contributed by atoms with E-state index in [-0.39, 0.29) is 17.4 Å². The van der Waals surface area contributed by atoms with Crippen molar-refractivity contribution in [1.29, 1.82) is 0 Å². The van der Waals surface area contributed by atoms with Crippen LogP contribution in [-0.2, 0) is 4.79 Å². The number of carbonyl (C=O) groups is 1. The van der Waals surface area contributed by atoms with Crippen molar-refractivity contribution in [2.45, 2.75) is 46.1 Å². The molecular weight excluding hydrogens is 238 g/mol. The molecule has 0 saturated carbocycles. The highest BCUT2D eigenvalue weighted by Crippen LogP contribution is 2.25. The minimum atomic E-state index is -0.00109. The van der Waals surface area contributed by atoms with Gasteiger partial charge in [0.2, 0.25) is 5.91 Å². The van der Waals surface area contributed by atoms with E-state index in [0.717, 1.165) is 18.4 Å². The van der Waals surface area contributed by atoms with Crippen LogP contribution in [0.4, 0.5) is 0 Å². The van der Waals surface area contributed by atoms with Crippen LogP contribution >= 0.6 is 0 Å². The zero-order chi connectivity index (χ0) is 14.3. The van der Waals surface area contributed by atoms with E-state index in [1.165, 1.54) is 0 Å². The SMILES string of the molecule is C[C@H](NC(=O)CCC(C)(C)CCN)c1cccnc1. The summed E-state index contributed by atoms with van der Waals surface area (Å²) in [6.45, 7) is 6.94. The molecule has 0 saturated heterocycles. The van der Waals surface area contributed by atoms with Crippen molar-refractivity contribution in [3.63, 3.8) is 0 Å². The van der Waals surface area contributed by atoms with Crippen molar-refractivity contribution in [2.75, 3.05) is 6.54 Å². The van der Waals surface area contributed by atoms with Crippen molar-refractivity contribution >= 4 is 5.91 Å². The number of pyridine rings is 1. The van der Waals surface area contributed by atoms with Gasteiger partial charge in [-0.2, -0.15) is 0 Å². The maximum absolute atomic E-state index is 11.9. The van der Waals surface area contributed by atoms with Crippen molar-refractivity contribution in [1.82, 2.24) is 10.3 Å². The molecule has 4 heteroatoms. The summed E-state index contributed by atoms with van der Waals surface area (Å²) in [5.74, 6) is 0.0847. The molecule has 1 aromatic rings. The lowest BCUT2D eigenvalue weighted by atomic mass is 9.84. The van der Waals surface area contributed by atoms with Crippen molar-refractivity contribution < 1.29 is 4.79 Å². The van der Waals surface area contributed by atoms with Crippen LogP contribution in [0.15, 0.2) is 24.5 Å². The molecule has 0 bridgehead atoms. The van der Waals surface area contributed by atoms with Crippen LogP contribution < -0.4 is 11.1 Å². The number of hydrogen-bond acceptors (Lipinski definition) is 3. The molecule has 4 nitrogen and oxygen atoms in total. The van der Waals surface area contributed by atoms with Gasteiger partial charge < -0.3 is 11.1 Å². The van der Waals surface area contributed by atoms with Gasteiger partial charge in [0.15, 0.2) is 0 Å². The second-order valence-electron chi connectivity index (χ2n) is 5.78. The largest absolute Gasteiger partial charge is 0.350 e. The Morgan fingerprint density at radius 2 is 2.21 bits per heavy atom. The molecule has 1 rings (SSSR count). The third kappa shape index (κ3) is 5.83. The van der Waals surface area contributed by atoms with Gasteiger partial charge in [0.1, 0.15) is 0 Å². The number of nitrogens with one attached hydrogen (secondary N) is 1. The molecule has 0 unspecified atom stereocenters. The molecule has 0 aliphatic heterocycles. The summed E-state index contributed by atoms with van der Waals surface area (Å²) >= 11 is 0. The van der Waals surface area contributed by atoms with Crippen molar-refractivity contribution in [3.05, 3.63) is 30.1 Å². The number of nitrogens with zero attached hydrogens (tertiary/aromatic N) is 1. The summed E-state index contributed by atoms with van der Waals surface area (Å²) in [7, 11) is 0. The summed E-state index contributed by atoms with van der Waals surface area (Å²) < 4.78 is 0. The Morgan fingerprint density at radius 1 is 1.47 bits per heavy atom. The van der Waals surface area contributed by atoms with E-state index in [9.17, 15) is 4.79 Å². The Balaban J connectivity index is 2.39. The van der Waals surface area contributed by atoms with E-state index < -0.39 is 0 Å². The fraction of sp³-hybridized carbons (Fsp3) is 0.600. The normalized spacial score (nSPS) is 13.1. The van der Waals surface area contributed by atoms with Gasteiger partial charge in [-0.1, -0.05) is 19.9 Å². The summed E-state index contributed by atoms with van der Waals surface area (Å²) in [5, 5.41) is 3.00. The van der Waals surface area contributed by atoms with E-state index in [0.29, 0.717) is 13.0 Å². The molecule has 3 N–H and O–H groups in total. The molecule has 0 spiro atoms. The topological polar surface area (TPSA) is 68.0 Å². The van der Waals surface area contributed by atoms with E-state index >= 15 is 0 Å². The number of carbonyl (C=O) groups excluding carboxylic acids is 1. The molecule has 1 heterocycles. The Morgan fingerprint density at radius 3 is 2.79 bits per heavy atom. The second-order valence-corrected chi connectivity index (χ2v) is 5.78. The Labute approximate surface area is 115 Å². The van der Waals surface area contributed by atoms with Crippen LogP contribution in [0.1, 0.15) is 51.6 Å². The molecule has 1 aromatic heterocycles. The smallest absolute Gasteiger partial charge is 0.220 e. The average Bonchev–Trinajstić information content (AvgIpc) is 2.37. The minimum absolute atomic E-state index is 0.00109. The average molecular weight is 263 g/mol. The highest BCUT2D eigenvalue weighted by atomic mass is 16.1. The molecule has 19 heavy (non-hydrogen) atoms. The first kappa shape index (κ1) is 15.6. The third-order valence-corrected chi connectivity index (χ3v) is 3.41. The Hall–Kier alpha value is -1.42. The lowest BCUT2D eigenvalue weighted by Crippen LogP contribution is -2.28. The first-order valence-corrected chi connectivity index (χ1v) is 6.84. The highest BCUT2D eigenvalue weighted by molar-refractivity contribution is 5.76. The maximum Gasteiger partial charge on any atom is 0.220 e. The first-order valence-electron chi connectivity index (χ1n) is 6.84. The molecule has 0 radical (unpaired) electrons. The van der Waals surface area contributed by atoms with Gasteiger partial charge in [0.05, 0.1) is 6.04 Å². The number of hydrogen-bond donors (Lipinski definition) is 2. The standard InChI is InChI=1S/C15H25N3O/c1-12(13-5-4-10-17-11-13)18-14(19)6-7-15(2,3)8-9-16/h4-5,10-12H,6-9,16H2,1-3H3,(H,18,19)/t12-/m0/s1. The lowest BCUT2D eigenvalue weighted by molar-refractivity contribution is -0.122. The van der Waals surface area contributed by atoms with Gasteiger partial charge in [0, 0.05) is 18.8 Å². The van der Waals surface area contributed by atoms with Crippen molar-refractivity contribution in [2.24, 2.45) is 11.1 Å². The fourth-order valence-corrected chi connectivity index (χ4v) is 2.00. The molecule has 1 atom stereocenters. The molecule has 0 fully saturated rings. The van der Waals surface area contributed by atoms with E-state index in [1.54, 1.807) is 12.4 Å². The number of rotatable bonds is 7. The molecule has 0 aromatic carbocycles. The predicted octanol–water partition coefficient (Wildman–Crippen LogP) is 2.41. The fourth-order valence-electron chi connectivity index (χ4n) is 2.00. The summed E-state index contributed by atoms with van der Waals surface area (Å²) in [6, 6.07) is 3.84. The maximum atomic E-state index is 11.9. The van der Waals surface area contributed by atoms with Crippen LogP contribution in [0.3, 0.4) is 0 Å².